The molecule has 3 rings (SSSR count). The zero-order chi connectivity index (χ0) is 25.3. The van der Waals surface area contributed by atoms with E-state index in [0.717, 1.165) is 24.8 Å². The van der Waals surface area contributed by atoms with Crippen LogP contribution >= 0.6 is 0 Å². The molecule has 1 unspecified atom stereocenters. The molecule has 34 heavy (non-hydrogen) atoms. The second kappa shape index (κ2) is 10.7. The largest absolute Gasteiger partial charge is 0.466 e. The molecule has 0 aromatic heterocycles. The second-order valence-electron chi connectivity index (χ2n) is 12.1. The summed E-state index contributed by atoms with van der Waals surface area (Å²) in [5, 5.41) is 21.3. The molecule has 5 nitrogen and oxygen atoms in total. The summed E-state index contributed by atoms with van der Waals surface area (Å²) in [7, 11) is 0. The minimum Gasteiger partial charge on any atom is -0.466 e. The van der Waals surface area contributed by atoms with Gasteiger partial charge in [-0.05, 0) is 85.7 Å². The summed E-state index contributed by atoms with van der Waals surface area (Å²) in [4.78, 5) is 25.4. The molecule has 0 aromatic rings. The van der Waals surface area contributed by atoms with E-state index < -0.39 is 17.6 Å². The predicted octanol–water partition coefficient (Wildman–Crippen LogP) is 5.25. The summed E-state index contributed by atoms with van der Waals surface area (Å²) in [6, 6.07) is 0. The van der Waals surface area contributed by atoms with Gasteiger partial charge in [-0.25, -0.2) is 0 Å². The van der Waals surface area contributed by atoms with Crippen molar-refractivity contribution in [1.82, 2.24) is 0 Å². The van der Waals surface area contributed by atoms with Crippen molar-refractivity contribution in [2.75, 3.05) is 6.61 Å². The molecule has 0 heterocycles. The van der Waals surface area contributed by atoms with Gasteiger partial charge in [-0.3, -0.25) is 9.59 Å². The van der Waals surface area contributed by atoms with Crippen LogP contribution < -0.4 is 0 Å². The number of rotatable bonds is 8. The first-order chi connectivity index (χ1) is 15.9. The monoisotopic (exact) mass is 474 g/mol. The molecule has 2 saturated carbocycles. The van der Waals surface area contributed by atoms with Gasteiger partial charge in [0.15, 0.2) is 5.78 Å². The van der Waals surface area contributed by atoms with Gasteiger partial charge in [0.2, 0.25) is 0 Å². The van der Waals surface area contributed by atoms with Crippen molar-refractivity contribution in [2.24, 2.45) is 40.4 Å². The lowest BCUT2D eigenvalue weighted by atomic mass is 9.55. The fraction of sp³-hybridized carbons (Fsp3) is 0.793. The first-order valence-electron chi connectivity index (χ1n) is 13.3. The number of aliphatic hydroxyl groups is 2. The van der Waals surface area contributed by atoms with Crippen LogP contribution in [0.15, 0.2) is 23.8 Å². The molecule has 0 bridgehead atoms. The van der Waals surface area contributed by atoms with Crippen LogP contribution in [0.5, 0.6) is 0 Å². The maximum atomic E-state index is 14.0. The van der Waals surface area contributed by atoms with Gasteiger partial charge >= 0.3 is 5.97 Å². The topological polar surface area (TPSA) is 83.8 Å². The number of allylic oxidation sites excluding steroid dienone is 3. The minimum absolute atomic E-state index is 0.0285. The fourth-order valence-corrected chi connectivity index (χ4v) is 7.21. The summed E-state index contributed by atoms with van der Waals surface area (Å²) in [5.74, 6) is 1.01. The van der Waals surface area contributed by atoms with E-state index in [1.807, 2.05) is 13.0 Å². The number of Topliss-reactive ketones (excluding diaryl/α,β-unsaturated/α-hetero) is 1. The molecule has 2 fully saturated rings. The number of ketones is 1. The van der Waals surface area contributed by atoms with Crippen LogP contribution in [0, 0.1) is 40.4 Å². The Balaban J connectivity index is 1.92. The Morgan fingerprint density at radius 1 is 1.21 bits per heavy atom. The maximum Gasteiger partial charge on any atom is 0.302 e. The van der Waals surface area contributed by atoms with E-state index in [4.69, 9.17) is 4.74 Å². The maximum absolute atomic E-state index is 14.0. The molecule has 0 aliphatic heterocycles. The standard InChI is InChI=1S/C29H46O5/c1-18(2)8-7-9-19(3)23-10-11-24(28(23,5)14-15-34-20(4)30)22-17-26(32)25-16-21(31)12-13-29(25,6)27(22)33/h7,9,17-19,21,23-26,31-32H,8,10-16H2,1-6H3/b9-7+/t19-,21+,23-,24?,25-,26+,28-,29+/m1/s1. The van der Waals surface area contributed by atoms with Crippen LogP contribution in [0.1, 0.15) is 86.5 Å². The van der Waals surface area contributed by atoms with Gasteiger partial charge < -0.3 is 14.9 Å². The van der Waals surface area contributed by atoms with E-state index in [1.54, 1.807) is 0 Å². The minimum atomic E-state index is -0.715. The van der Waals surface area contributed by atoms with Gasteiger partial charge in [0.05, 0.1) is 18.8 Å². The Kier molecular flexibility index (Phi) is 8.50. The number of esters is 1. The van der Waals surface area contributed by atoms with Crippen LogP contribution in [0.4, 0.5) is 0 Å². The number of fused-ring (bicyclic) bond motifs is 1. The van der Waals surface area contributed by atoms with Crippen molar-refractivity contribution in [1.29, 1.82) is 0 Å². The number of ether oxygens (including phenoxy) is 1. The lowest BCUT2D eigenvalue weighted by molar-refractivity contribution is -0.143. The lowest BCUT2D eigenvalue weighted by Gasteiger charge is -2.49. The van der Waals surface area contributed by atoms with Crippen LogP contribution in [-0.2, 0) is 14.3 Å². The van der Waals surface area contributed by atoms with E-state index in [0.29, 0.717) is 50.0 Å². The Hall–Kier alpha value is -1.46. The smallest absolute Gasteiger partial charge is 0.302 e. The van der Waals surface area contributed by atoms with Crippen LogP contribution in [0.3, 0.4) is 0 Å². The molecule has 5 heteroatoms. The van der Waals surface area contributed by atoms with Gasteiger partial charge in [-0.15, -0.1) is 0 Å². The number of carbonyl (C=O) groups excluding carboxylic acids is 2. The normalized spacial score (nSPS) is 39.3. The Labute approximate surface area is 206 Å². The molecule has 0 aromatic carbocycles. The van der Waals surface area contributed by atoms with Gasteiger partial charge in [-0.2, -0.15) is 0 Å². The Morgan fingerprint density at radius 3 is 2.56 bits per heavy atom. The number of aliphatic hydroxyl groups excluding tert-OH is 2. The van der Waals surface area contributed by atoms with Gasteiger partial charge in [-0.1, -0.05) is 46.8 Å². The molecule has 192 valence electrons. The summed E-state index contributed by atoms with van der Waals surface area (Å²) in [6.07, 6.45) is 10.6. The Bertz CT molecular complexity index is 813. The number of hydrogen-bond donors (Lipinski definition) is 2. The quantitative estimate of drug-likeness (QED) is 0.371. The number of hydrogen-bond acceptors (Lipinski definition) is 5. The molecule has 0 amide bonds. The van der Waals surface area contributed by atoms with Crippen molar-refractivity contribution < 1.29 is 24.5 Å². The van der Waals surface area contributed by atoms with Crippen molar-refractivity contribution >= 4 is 11.8 Å². The molecule has 3 aliphatic rings. The van der Waals surface area contributed by atoms with Crippen LogP contribution in [-0.4, -0.2) is 40.8 Å². The van der Waals surface area contributed by atoms with E-state index >= 15 is 0 Å². The van der Waals surface area contributed by atoms with Crippen LogP contribution in [0.2, 0.25) is 0 Å². The van der Waals surface area contributed by atoms with E-state index in [1.165, 1.54) is 6.92 Å². The van der Waals surface area contributed by atoms with Gasteiger partial charge in [0, 0.05) is 18.3 Å². The zero-order valence-electron chi connectivity index (χ0n) is 22.0. The fourth-order valence-electron chi connectivity index (χ4n) is 7.21. The number of carbonyl (C=O) groups is 2. The molecule has 3 aliphatic carbocycles. The van der Waals surface area contributed by atoms with Crippen molar-refractivity contribution in [3.8, 4) is 0 Å². The van der Waals surface area contributed by atoms with Crippen LogP contribution in [0.25, 0.3) is 0 Å². The van der Waals surface area contributed by atoms with Crippen molar-refractivity contribution in [2.45, 2.75) is 98.7 Å². The molecular formula is C29H46O5. The molecule has 0 radical (unpaired) electrons. The highest BCUT2D eigenvalue weighted by Gasteiger charge is 2.56. The van der Waals surface area contributed by atoms with E-state index in [-0.39, 0.29) is 29.0 Å². The summed E-state index contributed by atoms with van der Waals surface area (Å²) >= 11 is 0. The molecule has 8 atom stereocenters. The first kappa shape index (κ1) is 27.1. The summed E-state index contributed by atoms with van der Waals surface area (Å²) in [6.45, 7) is 12.7. The molecule has 0 saturated heterocycles. The predicted molar refractivity (Wildman–Crippen MR) is 134 cm³/mol. The summed E-state index contributed by atoms with van der Waals surface area (Å²) < 4.78 is 5.37. The lowest BCUT2D eigenvalue weighted by Crippen LogP contribution is -2.52. The van der Waals surface area contributed by atoms with Crippen molar-refractivity contribution in [3.05, 3.63) is 23.8 Å². The third-order valence-electron chi connectivity index (χ3n) is 9.30. The highest BCUT2D eigenvalue weighted by Crippen LogP contribution is 2.59. The highest BCUT2D eigenvalue weighted by molar-refractivity contribution is 6.01. The molecule has 0 spiro atoms. The highest BCUT2D eigenvalue weighted by atomic mass is 16.5. The third-order valence-corrected chi connectivity index (χ3v) is 9.30. The molecule has 2 N–H and O–H groups in total. The SMILES string of the molecule is CC(=O)OCC[C@@]1(C)C(C2=C[C@H](O)[C@H]3C[C@@H](O)CC[C@]3(C)C2=O)CC[C@@H]1[C@H](C)/C=C/CC(C)C. The Morgan fingerprint density at radius 2 is 1.91 bits per heavy atom. The zero-order valence-corrected chi connectivity index (χ0v) is 22.0. The second-order valence-corrected chi connectivity index (χ2v) is 12.1. The summed E-state index contributed by atoms with van der Waals surface area (Å²) in [5.41, 5.74) is -0.0652. The van der Waals surface area contributed by atoms with Crippen molar-refractivity contribution in [3.63, 3.8) is 0 Å². The van der Waals surface area contributed by atoms with E-state index in [9.17, 15) is 19.8 Å². The third kappa shape index (κ3) is 5.36. The van der Waals surface area contributed by atoms with Gasteiger partial charge in [0.1, 0.15) is 0 Å². The molecular weight excluding hydrogens is 428 g/mol. The van der Waals surface area contributed by atoms with Gasteiger partial charge in [0.25, 0.3) is 0 Å². The first-order valence-corrected chi connectivity index (χ1v) is 13.3. The average Bonchev–Trinajstić information content (AvgIpc) is 3.08. The average molecular weight is 475 g/mol. The van der Waals surface area contributed by atoms with E-state index in [2.05, 4.69) is 39.8 Å².